The molecule has 2 saturated carbocycles. The summed E-state index contributed by atoms with van der Waals surface area (Å²) >= 11 is 0. The van der Waals surface area contributed by atoms with Crippen molar-refractivity contribution in [2.24, 2.45) is 11.8 Å². The molecule has 0 bridgehead atoms. The maximum atomic E-state index is 13.0. The van der Waals surface area contributed by atoms with Crippen LogP contribution in [-0.4, -0.2) is 149 Å². The summed E-state index contributed by atoms with van der Waals surface area (Å²) in [5.74, 6) is -5.96. The second kappa shape index (κ2) is 26.8. The molecule has 22 heteroatoms. The summed E-state index contributed by atoms with van der Waals surface area (Å²) in [6.45, 7) is 1.41. The standard InChI is InChI=1S/C43H64N8O14/c1-51-36(54)24-31(38(51)27-4-2-18-44-25-27)40(58)47-21-23-65-30-12-10-29(11-13-30)64-22-3-5-35(53)48-28-8-6-26(7-9-28)39(57)46-20-19-45-34(52)16-14-32(41(59)60)49-43(63)50-33(42(61)62)15-17-37(55)56/h2,4,18,25-26,28-33,38H,3,5-17,19-24H2,1H3,(H,45,52)(H,46,57)(H,47,58)(H,48,53)(H,55,56)(H,59,60)(H,61,62)(H2,49,50,63)/t26?,28?,29?,30?,31-,32-,33-,38+/m0/s1. The second-order valence-electron chi connectivity index (χ2n) is 16.7. The van der Waals surface area contributed by atoms with Crippen molar-refractivity contribution < 1.29 is 67.9 Å². The minimum Gasteiger partial charge on any atom is -0.481 e. The van der Waals surface area contributed by atoms with Crippen LogP contribution in [0.5, 0.6) is 0 Å². The van der Waals surface area contributed by atoms with Crippen molar-refractivity contribution in [2.75, 3.05) is 39.9 Å². The molecule has 1 aromatic heterocycles. The lowest BCUT2D eigenvalue weighted by Crippen LogP contribution is -2.51. The van der Waals surface area contributed by atoms with Crippen LogP contribution in [-0.2, 0) is 47.8 Å². The van der Waals surface area contributed by atoms with E-state index in [0.29, 0.717) is 58.3 Å². The Morgan fingerprint density at radius 3 is 1.94 bits per heavy atom. The van der Waals surface area contributed by atoms with Gasteiger partial charge in [0.1, 0.15) is 12.1 Å². The van der Waals surface area contributed by atoms with Crippen molar-refractivity contribution in [3.05, 3.63) is 30.1 Å². The molecule has 1 saturated heterocycles. The van der Waals surface area contributed by atoms with Crippen LogP contribution in [0, 0.1) is 11.8 Å². The van der Waals surface area contributed by atoms with Gasteiger partial charge in [-0.15, -0.1) is 0 Å². The zero-order valence-electron chi connectivity index (χ0n) is 36.8. The number of carboxylic acids is 3. The number of nitrogens with one attached hydrogen (secondary N) is 6. The van der Waals surface area contributed by atoms with E-state index < -0.39 is 60.7 Å². The van der Waals surface area contributed by atoms with E-state index in [-0.39, 0.29) is 86.2 Å². The van der Waals surface area contributed by atoms with Gasteiger partial charge >= 0.3 is 23.9 Å². The molecule has 7 amide bonds. The van der Waals surface area contributed by atoms with Gasteiger partial charge in [-0.05, 0) is 82.3 Å². The Balaban J connectivity index is 0.982. The molecule has 0 radical (unpaired) electrons. The first-order chi connectivity index (χ1) is 31.1. The van der Waals surface area contributed by atoms with E-state index in [1.807, 2.05) is 11.4 Å². The number of carboxylic acid groups (broad SMARTS) is 3. The molecule has 4 rings (SSSR count). The molecule has 22 nitrogen and oxygen atoms in total. The largest absolute Gasteiger partial charge is 0.481 e. The molecule has 3 fully saturated rings. The van der Waals surface area contributed by atoms with Crippen LogP contribution in [0.4, 0.5) is 4.79 Å². The number of nitrogens with zero attached hydrogens (tertiary/aromatic N) is 2. The zero-order valence-corrected chi connectivity index (χ0v) is 36.8. The number of hydrogen-bond acceptors (Lipinski definition) is 12. The van der Waals surface area contributed by atoms with Gasteiger partial charge in [0.15, 0.2) is 0 Å². The lowest BCUT2D eigenvalue weighted by Gasteiger charge is -2.29. The number of rotatable bonds is 26. The molecule has 9 N–H and O–H groups in total. The summed E-state index contributed by atoms with van der Waals surface area (Å²) in [4.78, 5) is 115. The van der Waals surface area contributed by atoms with E-state index in [4.69, 9.17) is 14.6 Å². The van der Waals surface area contributed by atoms with Crippen molar-refractivity contribution >= 4 is 53.5 Å². The van der Waals surface area contributed by atoms with E-state index in [2.05, 4.69) is 31.6 Å². The molecule has 2 aliphatic carbocycles. The van der Waals surface area contributed by atoms with Crippen LogP contribution >= 0.6 is 0 Å². The van der Waals surface area contributed by atoms with Crippen molar-refractivity contribution in [3.8, 4) is 0 Å². The first-order valence-electron chi connectivity index (χ1n) is 22.4. The van der Waals surface area contributed by atoms with Crippen LogP contribution in [0.3, 0.4) is 0 Å². The molecule has 0 aromatic carbocycles. The zero-order chi connectivity index (χ0) is 47.3. The summed E-state index contributed by atoms with van der Waals surface area (Å²) in [5.41, 5.74) is 0.829. The lowest BCUT2D eigenvalue weighted by atomic mass is 9.85. The number of urea groups is 1. The summed E-state index contributed by atoms with van der Waals surface area (Å²) < 4.78 is 12.1. The minimum absolute atomic E-state index is 0.0292. The van der Waals surface area contributed by atoms with E-state index >= 15 is 0 Å². The predicted octanol–water partition coefficient (Wildman–Crippen LogP) is 0.600. The lowest BCUT2D eigenvalue weighted by molar-refractivity contribution is -0.141. The van der Waals surface area contributed by atoms with Gasteiger partial charge < -0.3 is 61.6 Å². The Hall–Kier alpha value is -5.90. The van der Waals surface area contributed by atoms with E-state index in [0.717, 1.165) is 31.2 Å². The highest BCUT2D eigenvalue weighted by molar-refractivity contribution is 5.90. The summed E-state index contributed by atoms with van der Waals surface area (Å²) in [6.07, 6.45) is 8.87. The van der Waals surface area contributed by atoms with Gasteiger partial charge in [0, 0.05) is 83.3 Å². The Bertz CT molecular complexity index is 1790. The fraction of sp³-hybridized carbons (Fsp3) is 0.674. The summed E-state index contributed by atoms with van der Waals surface area (Å²) in [6, 6.07) is -0.931. The van der Waals surface area contributed by atoms with Gasteiger partial charge in [-0.3, -0.25) is 33.8 Å². The monoisotopic (exact) mass is 916 g/mol. The van der Waals surface area contributed by atoms with E-state index in [1.54, 1.807) is 30.4 Å². The number of aliphatic carboxylic acids is 3. The number of likely N-dealkylation sites (tertiary alicyclic amines) is 1. The Kier molecular flexibility index (Phi) is 21.3. The van der Waals surface area contributed by atoms with Crippen molar-refractivity contribution in [2.45, 2.75) is 133 Å². The maximum absolute atomic E-state index is 13.0. The molecular weight excluding hydrogens is 853 g/mol. The SMILES string of the molecule is CN1C(=O)C[C@H](C(=O)NCCOC2CCC(OCCCC(=O)NC3CCC(C(=O)NCCNC(=O)CC[C@H](NC(=O)N[C@@H](CCC(=O)O)C(=O)O)C(=O)O)CC3)CC2)[C@H]1c1cccnc1. The molecule has 1 aliphatic heterocycles. The van der Waals surface area contributed by atoms with E-state index in [9.17, 15) is 53.4 Å². The first kappa shape index (κ1) is 51.7. The van der Waals surface area contributed by atoms with Crippen molar-refractivity contribution in [1.29, 1.82) is 0 Å². The van der Waals surface area contributed by atoms with Gasteiger partial charge in [0.25, 0.3) is 0 Å². The van der Waals surface area contributed by atoms with E-state index in [1.165, 1.54) is 0 Å². The average Bonchev–Trinajstić information content (AvgIpc) is 3.58. The number of ether oxygens (including phenoxy) is 2. The summed E-state index contributed by atoms with van der Waals surface area (Å²) in [5, 5.41) is 42.8. The number of carbonyl (C=O) groups excluding carboxylic acids is 6. The van der Waals surface area contributed by atoms with Crippen LogP contribution < -0.4 is 31.9 Å². The highest BCUT2D eigenvalue weighted by Gasteiger charge is 2.42. The molecular formula is C43H64N8O14. The second-order valence-corrected chi connectivity index (χ2v) is 16.7. The van der Waals surface area contributed by atoms with Gasteiger partial charge in [0.2, 0.25) is 29.5 Å². The Morgan fingerprint density at radius 1 is 0.738 bits per heavy atom. The van der Waals surface area contributed by atoms with Gasteiger partial charge in [0.05, 0.1) is 30.8 Å². The molecule has 0 unspecified atom stereocenters. The molecule has 0 spiro atoms. The number of carbonyl (C=O) groups is 9. The number of aromatic nitrogens is 1. The highest BCUT2D eigenvalue weighted by Crippen LogP contribution is 2.36. The number of hydrogen-bond donors (Lipinski definition) is 9. The van der Waals surface area contributed by atoms with Crippen LogP contribution in [0.1, 0.15) is 108 Å². The summed E-state index contributed by atoms with van der Waals surface area (Å²) in [7, 11) is 1.71. The normalized spacial score (nSPS) is 22.7. The fourth-order valence-electron chi connectivity index (χ4n) is 8.33. The fourth-order valence-corrected chi connectivity index (χ4v) is 8.33. The molecule has 3 aliphatic rings. The molecule has 65 heavy (non-hydrogen) atoms. The minimum atomic E-state index is -1.56. The van der Waals surface area contributed by atoms with Gasteiger partial charge in [-0.25, -0.2) is 14.4 Å². The Labute approximate surface area is 377 Å². The predicted molar refractivity (Wildman–Crippen MR) is 229 cm³/mol. The van der Waals surface area contributed by atoms with Crippen LogP contribution in [0.15, 0.2) is 24.5 Å². The third-order valence-electron chi connectivity index (χ3n) is 12.0. The molecule has 4 atom stereocenters. The highest BCUT2D eigenvalue weighted by atomic mass is 16.5. The van der Waals surface area contributed by atoms with Gasteiger partial charge in [-0.1, -0.05) is 6.07 Å². The van der Waals surface area contributed by atoms with Crippen molar-refractivity contribution in [1.82, 2.24) is 41.8 Å². The number of amides is 7. The third-order valence-corrected chi connectivity index (χ3v) is 12.0. The first-order valence-corrected chi connectivity index (χ1v) is 22.4. The Morgan fingerprint density at radius 2 is 1.34 bits per heavy atom. The van der Waals surface area contributed by atoms with Crippen LogP contribution in [0.2, 0.25) is 0 Å². The third kappa shape index (κ3) is 17.9. The molecule has 360 valence electrons. The maximum Gasteiger partial charge on any atom is 0.326 e. The van der Waals surface area contributed by atoms with Gasteiger partial charge in [-0.2, -0.15) is 0 Å². The van der Waals surface area contributed by atoms with Crippen LogP contribution in [0.25, 0.3) is 0 Å². The quantitative estimate of drug-likeness (QED) is 0.0575. The number of pyridine rings is 1. The topological polar surface area (TPSA) is 321 Å². The average molecular weight is 917 g/mol. The molecule has 1 aromatic rings. The van der Waals surface area contributed by atoms with Crippen molar-refractivity contribution in [3.63, 3.8) is 0 Å². The smallest absolute Gasteiger partial charge is 0.326 e. The molecule has 2 heterocycles.